The van der Waals surface area contributed by atoms with E-state index in [4.69, 9.17) is 0 Å². The van der Waals surface area contributed by atoms with Gasteiger partial charge in [0.2, 0.25) is 0 Å². The number of hydrogen-bond acceptors (Lipinski definition) is 3. The van der Waals surface area contributed by atoms with Gasteiger partial charge in [0.15, 0.2) is 0 Å². The Morgan fingerprint density at radius 3 is 2.58 bits per heavy atom. The average molecular weight is 262 g/mol. The number of benzene rings is 1. The maximum absolute atomic E-state index is 10.6. The van der Waals surface area contributed by atoms with Gasteiger partial charge in [-0.15, -0.1) is 0 Å². The van der Waals surface area contributed by atoms with Gasteiger partial charge < -0.3 is 10.0 Å². The third kappa shape index (κ3) is 2.99. The molecular formula is C16H26N2O. The van der Waals surface area contributed by atoms with Crippen LogP contribution in [-0.2, 0) is 6.42 Å². The van der Waals surface area contributed by atoms with Crippen molar-refractivity contribution in [2.75, 3.05) is 27.2 Å². The van der Waals surface area contributed by atoms with Crippen LogP contribution in [0.5, 0.6) is 0 Å². The quantitative estimate of drug-likeness (QED) is 0.878. The lowest BCUT2D eigenvalue weighted by Crippen LogP contribution is -2.47. The van der Waals surface area contributed by atoms with Crippen molar-refractivity contribution in [3.63, 3.8) is 0 Å². The van der Waals surface area contributed by atoms with Gasteiger partial charge in [0.05, 0.1) is 6.10 Å². The van der Waals surface area contributed by atoms with Crippen LogP contribution < -0.4 is 0 Å². The van der Waals surface area contributed by atoms with Crippen LogP contribution in [0.15, 0.2) is 24.3 Å². The van der Waals surface area contributed by atoms with Crippen LogP contribution in [0.4, 0.5) is 0 Å². The zero-order valence-corrected chi connectivity index (χ0v) is 12.5. The molecule has 1 aromatic rings. The molecule has 0 fully saturated rings. The number of rotatable bonds is 5. The van der Waals surface area contributed by atoms with Gasteiger partial charge in [-0.2, -0.15) is 0 Å². The van der Waals surface area contributed by atoms with Crippen molar-refractivity contribution < 1.29 is 5.11 Å². The molecule has 0 saturated heterocycles. The van der Waals surface area contributed by atoms with Crippen LogP contribution in [0.3, 0.4) is 0 Å². The molecule has 3 atom stereocenters. The van der Waals surface area contributed by atoms with E-state index < -0.39 is 0 Å². The molecule has 0 amide bonds. The molecule has 1 aliphatic carbocycles. The van der Waals surface area contributed by atoms with Crippen molar-refractivity contribution >= 4 is 0 Å². The topological polar surface area (TPSA) is 26.7 Å². The standard InChI is InChI=1S/C16H26N2O/c1-5-18(12(2)11-17(3)4)15-10-13-8-6-7-9-14(13)16(15)19/h6-9,12,15-16,19H,5,10-11H2,1-4H3. The predicted octanol–water partition coefficient (Wildman–Crippen LogP) is 1.92. The van der Waals surface area contributed by atoms with Crippen molar-refractivity contribution in [3.8, 4) is 0 Å². The van der Waals surface area contributed by atoms with Crippen molar-refractivity contribution in [1.82, 2.24) is 9.80 Å². The van der Waals surface area contributed by atoms with Crippen molar-refractivity contribution in [2.45, 2.75) is 38.5 Å². The van der Waals surface area contributed by atoms with Crippen LogP contribution in [0.2, 0.25) is 0 Å². The highest BCUT2D eigenvalue weighted by Gasteiger charge is 2.36. The third-order valence-electron chi connectivity index (χ3n) is 4.15. The second-order valence-electron chi connectivity index (χ2n) is 5.86. The first-order valence-corrected chi connectivity index (χ1v) is 7.21. The lowest BCUT2D eigenvalue weighted by molar-refractivity contribution is 0.0347. The molecule has 0 heterocycles. The molecule has 1 N–H and O–H groups in total. The number of fused-ring (bicyclic) bond motifs is 1. The number of hydrogen-bond donors (Lipinski definition) is 1. The van der Waals surface area contributed by atoms with Crippen LogP contribution in [0.25, 0.3) is 0 Å². The molecule has 106 valence electrons. The Morgan fingerprint density at radius 1 is 1.32 bits per heavy atom. The lowest BCUT2D eigenvalue weighted by atomic mass is 10.1. The average Bonchev–Trinajstić information content (AvgIpc) is 2.68. The minimum Gasteiger partial charge on any atom is -0.387 e. The van der Waals surface area contributed by atoms with Crippen LogP contribution in [-0.4, -0.2) is 54.2 Å². The Kier molecular flexibility index (Phi) is 4.61. The summed E-state index contributed by atoms with van der Waals surface area (Å²) in [4.78, 5) is 4.65. The van der Waals surface area contributed by atoms with E-state index in [-0.39, 0.29) is 12.1 Å². The van der Waals surface area contributed by atoms with Gasteiger partial charge in [0, 0.05) is 18.6 Å². The zero-order valence-electron chi connectivity index (χ0n) is 12.5. The van der Waals surface area contributed by atoms with Crippen molar-refractivity contribution in [1.29, 1.82) is 0 Å². The highest BCUT2D eigenvalue weighted by Crippen LogP contribution is 2.35. The summed E-state index contributed by atoms with van der Waals surface area (Å²) in [5.74, 6) is 0. The summed E-state index contributed by atoms with van der Waals surface area (Å²) in [7, 11) is 4.20. The Labute approximate surface area is 116 Å². The van der Waals surface area contributed by atoms with Crippen LogP contribution in [0, 0.1) is 0 Å². The van der Waals surface area contributed by atoms with E-state index in [1.54, 1.807) is 0 Å². The van der Waals surface area contributed by atoms with Gasteiger partial charge in [0.1, 0.15) is 0 Å². The molecule has 0 aromatic heterocycles. The summed E-state index contributed by atoms with van der Waals surface area (Å²) >= 11 is 0. The fourth-order valence-electron chi connectivity index (χ4n) is 3.36. The van der Waals surface area contributed by atoms with Crippen LogP contribution in [0.1, 0.15) is 31.1 Å². The first kappa shape index (κ1) is 14.5. The smallest absolute Gasteiger partial charge is 0.0951 e. The fourth-order valence-corrected chi connectivity index (χ4v) is 3.36. The molecule has 0 spiro atoms. The molecule has 1 aromatic carbocycles. The summed E-state index contributed by atoms with van der Waals surface area (Å²) in [5.41, 5.74) is 2.42. The van der Waals surface area contributed by atoms with Gasteiger partial charge >= 0.3 is 0 Å². The number of aliphatic hydroxyl groups is 1. The molecule has 3 nitrogen and oxygen atoms in total. The summed E-state index contributed by atoms with van der Waals surface area (Å²) < 4.78 is 0. The predicted molar refractivity (Wildman–Crippen MR) is 79.3 cm³/mol. The maximum atomic E-state index is 10.6. The largest absolute Gasteiger partial charge is 0.387 e. The van der Waals surface area contributed by atoms with E-state index in [0.717, 1.165) is 25.1 Å². The first-order chi connectivity index (χ1) is 9.04. The first-order valence-electron chi connectivity index (χ1n) is 7.21. The highest BCUT2D eigenvalue weighted by atomic mass is 16.3. The van der Waals surface area contributed by atoms with E-state index in [9.17, 15) is 5.11 Å². The molecule has 0 bridgehead atoms. The van der Waals surface area contributed by atoms with E-state index in [1.807, 2.05) is 6.07 Å². The molecule has 0 radical (unpaired) electrons. The van der Waals surface area contributed by atoms with Crippen molar-refractivity contribution in [2.24, 2.45) is 0 Å². The monoisotopic (exact) mass is 262 g/mol. The summed E-state index contributed by atoms with van der Waals surface area (Å²) in [6, 6.07) is 8.96. The van der Waals surface area contributed by atoms with E-state index in [0.29, 0.717) is 6.04 Å². The maximum Gasteiger partial charge on any atom is 0.0951 e. The second kappa shape index (κ2) is 6.04. The van der Waals surface area contributed by atoms with Gasteiger partial charge in [-0.1, -0.05) is 31.2 Å². The zero-order chi connectivity index (χ0) is 14.0. The highest BCUT2D eigenvalue weighted by molar-refractivity contribution is 5.36. The molecule has 0 saturated carbocycles. The minimum absolute atomic E-state index is 0.220. The Bertz CT molecular complexity index is 419. The van der Waals surface area contributed by atoms with Crippen molar-refractivity contribution in [3.05, 3.63) is 35.4 Å². The molecule has 19 heavy (non-hydrogen) atoms. The van der Waals surface area contributed by atoms with E-state index >= 15 is 0 Å². The molecule has 1 aliphatic rings. The minimum atomic E-state index is -0.347. The number of likely N-dealkylation sites (N-methyl/N-ethyl adjacent to an activating group) is 2. The summed E-state index contributed by atoms with van der Waals surface area (Å²) in [5, 5.41) is 10.6. The Balaban J connectivity index is 2.14. The fraction of sp³-hybridized carbons (Fsp3) is 0.625. The van der Waals surface area contributed by atoms with E-state index in [2.05, 4.69) is 55.9 Å². The molecule has 3 heteroatoms. The summed E-state index contributed by atoms with van der Waals surface area (Å²) in [6.45, 7) is 6.43. The normalized spacial score (nSPS) is 23.9. The van der Waals surface area contributed by atoms with Crippen LogP contribution >= 0.6 is 0 Å². The Morgan fingerprint density at radius 2 is 2.00 bits per heavy atom. The number of aliphatic hydroxyl groups excluding tert-OH is 1. The second-order valence-corrected chi connectivity index (χ2v) is 5.86. The molecule has 3 unspecified atom stereocenters. The summed E-state index contributed by atoms with van der Waals surface area (Å²) in [6.07, 6.45) is 0.615. The molecular weight excluding hydrogens is 236 g/mol. The van der Waals surface area contributed by atoms with Gasteiger partial charge in [0.25, 0.3) is 0 Å². The molecule has 2 rings (SSSR count). The molecule has 0 aliphatic heterocycles. The SMILES string of the molecule is CCN(C(C)CN(C)C)C1Cc2ccccc2C1O. The van der Waals surface area contributed by atoms with Gasteiger partial charge in [-0.25, -0.2) is 0 Å². The third-order valence-corrected chi connectivity index (χ3v) is 4.15. The lowest BCUT2D eigenvalue weighted by Gasteiger charge is -2.36. The van der Waals surface area contributed by atoms with Gasteiger partial charge in [-0.05, 0) is 45.1 Å². The van der Waals surface area contributed by atoms with E-state index in [1.165, 1.54) is 5.56 Å². The number of nitrogens with zero attached hydrogens (tertiary/aromatic N) is 2. The van der Waals surface area contributed by atoms with Gasteiger partial charge in [-0.3, -0.25) is 4.90 Å². The Hall–Kier alpha value is -0.900.